The Morgan fingerprint density at radius 1 is 0.853 bits per heavy atom. The van der Waals surface area contributed by atoms with Gasteiger partial charge in [-0.25, -0.2) is 4.79 Å². The van der Waals surface area contributed by atoms with Gasteiger partial charge in [-0.15, -0.1) is 0 Å². The molecule has 0 aromatic heterocycles. The number of nitrogens with two attached hydrogens (primary N) is 1. The van der Waals surface area contributed by atoms with Crippen LogP contribution in [-0.4, -0.2) is 76.0 Å². The van der Waals surface area contributed by atoms with E-state index in [9.17, 15) is 29.1 Å². The molecule has 0 saturated heterocycles. The van der Waals surface area contributed by atoms with E-state index in [0.29, 0.717) is 12.2 Å². The largest absolute Gasteiger partial charge is 0.481 e. The lowest BCUT2D eigenvalue weighted by Crippen LogP contribution is -2.58. The molecule has 0 rings (SSSR count). The van der Waals surface area contributed by atoms with Crippen molar-refractivity contribution in [2.45, 2.75) is 84.0 Å². The zero-order valence-corrected chi connectivity index (χ0v) is 21.4. The Bertz CT molecular complexity index is 705. The van der Waals surface area contributed by atoms with E-state index in [1.54, 1.807) is 6.92 Å². The van der Waals surface area contributed by atoms with Crippen molar-refractivity contribution in [1.82, 2.24) is 16.0 Å². The van der Waals surface area contributed by atoms with Crippen LogP contribution in [0, 0.1) is 11.8 Å². The summed E-state index contributed by atoms with van der Waals surface area (Å²) in [7, 11) is 0. The van der Waals surface area contributed by atoms with E-state index < -0.39 is 53.8 Å². The Kier molecular flexibility index (Phi) is 15.2. The van der Waals surface area contributed by atoms with Crippen LogP contribution in [0.25, 0.3) is 0 Å². The fraction of sp³-hybridized carbons (Fsp3) is 0.773. The van der Waals surface area contributed by atoms with E-state index in [-0.39, 0.29) is 37.5 Å². The number of aliphatic carboxylic acids is 2. The van der Waals surface area contributed by atoms with Crippen molar-refractivity contribution < 1.29 is 34.2 Å². The highest BCUT2D eigenvalue weighted by atomic mass is 32.2. The molecule has 5 unspecified atom stereocenters. The second-order valence-electron chi connectivity index (χ2n) is 8.78. The third-order valence-electron chi connectivity index (χ3n) is 5.40. The number of carboxylic acids is 2. The third kappa shape index (κ3) is 12.2. The zero-order chi connectivity index (χ0) is 26.4. The summed E-state index contributed by atoms with van der Waals surface area (Å²) in [5.41, 5.74) is 5.93. The van der Waals surface area contributed by atoms with Crippen LogP contribution in [0.4, 0.5) is 0 Å². The molecule has 0 spiro atoms. The molecular weight excluding hydrogens is 464 g/mol. The van der Waals surface area contributed by atoms with Crippen molar-refractivity contribution in [2.24, 2.45) is 17.6 Å². The first kappa shape index (κ1) is 31.7. The van der Waals surface area contributed by atoms with E-state index in [1.165, 1.54) is 11.8 Å². The molecule has 3 amide bonds. The van der Waals surface area contributed by atoms with Crippen molar-refractivity contribution in [3.8, 4) is 0 Å². The number of carboxylic acid groups (broad SMARTS) is 2. The van der Waals surface area contributed by atoms with Crippen LogP contribution in [0.1, 0.15) is 59.8 Å². The minimum absolute atomic E-state index is 0.0172. The van der Waals surface area contributed by atoms with Crippen molar-refractivity contribution in [3.05, 3.63) is 0 Å². The number of rotatable bonds is 17. The summed E-state index contributed by atoms with van der Waals surface area (Å²) in [5.74, 6) is -3.95. The molecule has 0 aromatic carbocycles. The summed E-state index contributed by atoms with van der Waals surface area (Å²) in [4.78, 5) is 60.9. The van der Waals surface area contributed by atoms with Crippen molar-refractivity contribution >= 4 is 41.4 Å². The number of carbonyl (C=O) groups excluding carboxylic acids is 3. The molecule has 0 saturated carbocycles. The predicted molar refractivity (Wildman–Crippen MR) is 130 cm³/mol. The van der Waals surface area contributed by atoms with Crippen molar-refractivity contribution in [2.75, 3.05) is 12.0 Å². The van der Waals surface area contributed by atoms with Gasteiger partial charge in [0.2, 0.25) is 17.7 Å². The lowest BCUT2D eigenvalue weighted by Gasteiger charge is -2.26. The monoisotopic (exact) mass is 504 g/mol. The lowest BCUT2D eigenvalue weighted by atomic mass is 9.98. The Morgan fingerprint density at radius 2 is 1.38 bits per heavy atom. The van der Waals surface area contributed by atoms with Gasteiger partial charge in [0, 0.05) is 6.42 Å². The van der Waals surface area contributed by atoms with E-state index >= 15 is 0 Å². The molecule has 196 valence electrons. The summed E-state index contributed by atoms with van der Waals surface area (Å²) in [6.45, 7) is 7.33. The number of thioether (sulfide) groups is 1. The van der Waals surface area contributed by atoms with E-state index in [0.717, 1.165) is 0 Å². The Balaban J connectivity index is 5.56. The highest BCUT2D eigenvalue weighted by Gasteiger charge is 2.31. The first-order valence-electron chi connectivity index (χ1n) is 11.4. The second-order valence-corrected chi connectivity index (χ2v) is 9.76. The minimum Gasteiger partial charge on any atom is -0.481 e. The molecule has 0 radical (unpaired) electrons. The first-order chi connectivity index (χ1) is 15.8. The number of amides is 3. The molecule has 0 aliphatic heterocycles. The summed E-state index contributed by atoms with van der Waals surface area (Å²) >= 11 is 1.44. The Hall–Kier alpha value is -2.34. The van der Waals surface area contributed by atoms with Crippen molar-refractivity contribution in [3.63, 3.8) is 0 Å². The van der Waals surface area contributed by atoms with Crippen LogP contribution in [0.5, 0.6) is 0 Å². The molecule has 0 fully saturated rings. The predicted octanol–water partition coefficient (Wildman–Crippen LogP) is 0.563. The maximum Gasteiger partial charge on any atom is 0.326 e. The Morgan fingerprint density at radius 3 is 1.85 bits per heavy atom. The molecule has 7 N–H and O–H groups in total. The van der Waals surface area contributed by atoms with Gasteiger partial charge in [0.25, 0.3) is 0 Å². The SMILES string of the molecule is CCC(C)C(N)C(=O)NC(CCC(=O)O)C(=O)NC(CC(C)C)C(=O)NC(CCSC)C(=O)O. The van der Waals surface area contributed by atoms with Crippen LogP contribution >= 0.6 is 11.8 Å². The van der Waals surface area contributed by atoms with Gasteiger partial charge in [-0.2, -0.15) is 11.8 Å². The molecule has 0 heterocycles. The van der Waals surface area contributed by atoms with Gasteiger partial charge in [-0.05, 0) is 43.1 Å². The molecule has 0 aliphatic rings. The summed E-state index contributed by atoms with van der Waals surface area (Å²) < 4.78 is 0. The van der Waals surface area contributed by atoms with Crippen LogP contribution in [-0.2, 0) is 24.0 Å². The minimum atomic E-state index is -1.21. The van der Waals surface area contributed by atoms with Gasteiger partial charge in [-0.3, -0.25) is 19.2 Å². The standard InChI is InChI=1S/C22H40N4O7S/c1-6-13(4)18(23)21(31)24-14(7-8-17(27)28)19(29)26-16(11-12(2)3)20(30)25-15(22(32)33)9-10-34-5/h12-16,18H,6-11,23H2,1-5H3,(H,24,31)(H,25,30)(H,26,29)(H,27,28)(H,32,33). The highest BCUT2D eigenvalue weighted by molar-refractivity contribution is 7.98. The van der Waals surface area contributed by atoms with Crippen LogP contribution < -0.4 is 21.7 Å². The van der Waals surface area contributed by atoms with Crippen LogP contribution in [0.3, 0.4) is 0 Å². The number of nitrogens with one attached hydrogen (secondary N) is 3. The van der Waals surface area contributed by atoms with Gasteiger partial charge in [-0.1, -0.05) is 34.1 Å². The first-order valence-corrected chi connectivity index (χ1v) is 12.8. The van der Waals surface area contributed by atoms with E-state index in [4.69, 9.17) is 10.8 Å². The van der Waals surface area contributed by atoms with Gasteiger partial charge < -0.3 is 31.9 Å². The average Bonchev–Trinajstić information content (AvgIpc) is 2.76. The summed E-state index contributed by atoms with van der Waals surface area (Å²) in [5, 5.41) is 26.0. The Labute approximate surface area is 205 Å². The quantitative estimate of drug-likeness (QED) is 0.164. The second kappa shape index (κ2) is 16.3. The fourth-order valence-electron chi connectivity index (χ4n) is 3.06. The molecule has 0 bridgehead atoms. The molecule has 11 nitrogen and oxygen atoms in total. The highest BCUT2D eigenvalue weighted by Crippen LogP contribution is 2.10. The molecule has 0 aromatic rings. The normalized spacial score (nSPS) is 15.5. The topological polar surface area (TPSA) is 188 Å². The van der Waals surface area contributed by atoms with Crippen molar-refractivity contribution in [1.29, 1.82) is 0 Å². The third-order valence-corrected chi connectivity index (χ3v) is 6.05. The van der Waals surface area contributed by atoms with E-state index in [2.05, 4.69) is 16.0 Å². The maximum atomic E-state index is 13.0. The summed E-state index contributed by atoms with van der Waals surface area (Å²) in [6, 6.07) is -4.26. The number of hydrogen-bond acceptors (Lipinski definition) is 7. The van der Waals surface area contributed by atoms with Gasteiger partial charge in [0.15, 0.2) is 0 Å². The average molecular weight is 505 g/mol. The molecule has 12 heteroatoms. The van der Waals surface area contributed by atoms with Crippen LogP contribution in [0.2, 0.25) is 0 Å². The molecule has 5 atom stereocenters. The number of hydrogen-bond donors (Lipinski definition) is 6. The van der Waals surface area contributed by atoms with E-state index in [1.807, 2.05) is 27.0 Å². The number of carbonyl (C=O) groups is 5. The fourth-order valence-corrected chi connectivity index (χ4v) is 3.53. The molecule has 34 heavy (non-hydrogen) atoms. The zero-order valence-electron chi connectivity index (χ0n) is 20.6. The van der Waals surface area contributed by atoms with Gasteiger partial charge in [0.05, 0.1) is 6.04 Å². The lowest BCUT2D eigenvalue weighted by molar-refractivity contribution is -0.142. The van der Waals surface area contributed by atoms with Crippen LogP contribution in [0.15, 0.2) is 0 Å². The molecular formula is C22H40N4O7S. The molecule has 0 aliphatic carbocycles. The summed E-state index contributed by atoms with van der Waals surface area (Å²) in [6.07, 6.45) is 2.32. The maximum absolute atomic E-state index is 13.0. The smallest absolute Gasteiger partial charge is 0.326 e. The van der Waals surface area contributed by atoms with Gasteiger partial charge in [0.1, 0.15) is 18.1 Å². The van der Waals surface area contributed by atoms with Gasteiger partial charge >= 0.3 is 11.9 Å².